The summed E-state index contributed by atoms with van der Waals surface area (Å²) in [5.74, 6) is -0.142. The van der Waals surface area contributed by atoms with Crippen molar-refractivity contribution in [1.29, 1.82) is 0 Å². The smallest absolute Gasteiger partial charge is 0.348 e. The summed E-state index contributed by atoms with van der Waals surface area (Å²) >= 11 is 0. The van der Waals surface area contributed by atoms with Gasteiger partial charge in [0.15, 0.2) is 0 Å². The van der Waals surface area contributed by atoms with E-state index in [1.807, 2.05) is 25.1 Å². The van der Waals surface area contributed by atoms with Gasteiger partial charge < -0.3 is 15.5 Å². The predicted octanol–water partition coefficient (Wildman–Crippen LogP) is 4.54. The first kappa shape index (κ1) is 22.7. The van der Waals surface area contributed by atoms with Crippen molar-refractivity contribution in [3.05, 3.63) is 70.8 Å². The van der Waals surface area contributed by atoms with Crippen molar-refractivity contribution >= 4 is 11.9 Å². The first-order valence-electron chi connectivity index (χ1n) is 10.3. The van der Waals surface area contributed by atoms with Gasteiger partial charge >= 0.3 is 12.2 Å². The fraction of sp³-hybridized carbons (Fsp3) is 0.391. The van der Waals surface area contributed by atoms with Gasteiger partial charge in [-0.25, -0.2) is 4.79 Å². The Hall–Kier alpha value is -3.03. The van der Waals surface area contributed by atoms with Crippen LogP contribution in [0.5, 0.6) is 0 Å². The van der Waals surface area contributed by atoms with E-state index in [1.165, 1.54) is 12.1 Å². The highest BCUT2D eigenvalue weighted by atomic mass is 19.4. The van der Waals surface area contributed by atoms with Gasteiger partial charge in [0.25, 0.3) is 5.91 Å². The van der Waals surface area contributed by atoms with Crippen LogP contribution in [0.25, 0.3) is 0 Å². The fourth-order valence-electron chi connectivity index (χ4n) is 3.73. The Balaban J connectivity index is 1.61. The number of hydrogen-bond donors (Lipinski definition) is 2. The van der Waals surface area contributed by atoms with Gasteiger partial charge in [-0.1, -0.05) is 24.3 Å². The number of benzene rings is 2. The highest BCUT2D eigenvalue weighted by Gasteiger charge is 2.30. The number of nitrogens with zero attached hydrogens (tertiary/aromatic N) is 1. The van der Waals surface area contributed by atoms with E-state index in [9.17, 15) is 22.8 Å². The topological polar surface area (TPSA) is 61.4 Å². The average molecular weight is 433 g/mol. The van der Waals surface area contributed by atoms with E-state index in [4.69, 9.17) is 0 Å². The molecule has 0 bridgehead atoms. The molecule has 1 aliphatic heterocycles. The zero-order valence-corrected chi connectivity index (χ0v) is 17.3. The van der Waals surface area contributed by atoms with E-state index in [1.54, 1.807) is 11.0 Å². The van der Waals surface area contributed by atoms with Crippen LogP contribution < -0.4 is 10.6 Å². The standard InChI is InChI=1S/C23H26F3N3O2/c1-2-27-22(31)29-12-4-7-19(15-29)17-5-3-6-18(13-17)21(30)28-14-16-8-10-20(11-9-16)23(24,25)26/h3,5-6,8-11,13,19H,2,4,7,12,14-15H2,1H3,(H,27,31)(H,28,30)/t19-/m0/s1. The lowest BCUT2D eigenvalue weighted by Crippen LogP contribution is -2.44. The van der Waals surface area contributed by atoms with Crippen molar-refractivity contribution < 1.29 is 22.8 Å². The van der Waals surface area contributed by atoms with Crippen LogP contribution in [0, 0.1) is 0 Å². The van der Waals surface area contributed by atoms with Crippen LogP contribution in [0.3, 0.4) is 0 Å². The Kier molecular flexibility index (Phi) is 7.20. The Morgan fingerprint density at radius 2 is 1.84 bits per heavy atom. The molecule has 166 valence electrons. The van der Waals surface area contributed by atoms with Gasteiger partial charge in [0.2, 0.25) is 0 Å². The first-order valence-corrected chi connectivity index (χ1v) is 10.3. The quantitative estimate of drug-likeness (QED) is 0.727. The zero-order valence-electron chi connectivity index (χ0n) is 17.3. The number of carbonyl (C=O) groups is 2. The van der Waals surface area contributed by atoms with Gasteiger partial charge in [-0.15, -0.1) is 0 Å². The number of piperidine rings is 1. The average Bonchev–Trinajstić information content (AvgIpc) is 2.77. The highest BCUT2D eigenvalue weighted by molar-refractivity contribution is 5.94. The molecule has 2 aromatic rings. The minimum atomic E-state index is -4.38. The number of hydrogen-bond acceptors (Lipinski definition) is 2. The summed E-state index contributed by atoms with van der Waals surface area (Å²) in [7, 11) is 0. The molecule has 1 atom stereocenters. The minimum absolute atomic E-state index is 0.0716. The number of amides is 3. The largest absolute Gasteiger partial charge is 0.416 e. The molecule has 1 fully saturated rings. The molecule has 0 aromatic heterocycles. The summed E-state index contributed by atoms with van der Waals surface area (Å²) in [6, 6.07) is 12.0. The molecular formula is C23H26F3N3O2. The van der Waals surface area contributed by atoms with Crippen molar-refractivity contribution in [1.82, 2.24) is 15.5 Å². The number of carbonyl (C=O) groups excluding carboxylic acids is 2. The van der Waals surface area contributed by atoms with Crippen LogP contribution in [0.1, 0.15) is 52.7 Å². The number of urea groups is 1. The summed E-state index contributed by atoms with van der Waals surface area (Å²) in [6.07, 6.45) is -2.55. The van der Waals surface area contributed by atoms with Gasteiger partial charge in [-0.05, 0) is 55.2 Å². The number of nitrogens with one attached hydrogen (secondary N) is 2. The van der Waals surface area contributed by atoms with Crippen molar-refractivity contribution in [3.8, 4) is 0 Å². The third-order valence-corrected chi connectivity index (χ3v) is 5.39. The van der Waals surface area contributed by atoms with Crippen LogP contribution >= 0.6 is 0 Å². The normalized spacial score (nSPS) is 16.6. The molecule has 5 nitrogen and oxygen atoms in total. The molecule has 0 saturated carbocycles. The molecule has 0 unspecified atom stereocenters. The lowest BCUT2D eigenvalue weighted by atomic mass is 9.89. The summed E-state index contributed by atoms with van der Waals surface area (Å²) in [5, 5.41) is 5.57. The number of rotatable bonds is 5. The lowest BCUT2D eigenvalue weighted by Gasteiger charge is -2.33. The Bertz CT molecular complexity index is 913. The molecule has 1 aliphatic rings. The maximum Gasteiger partial charge on any atom is 0.416 e. The Labute approximate surface area is 179 Å². The third kappa shape index (κ3) is 5.99. The predicted molar refractivity (Wildman–Crippen MR) is 112 cm³/mol. The molecule has 0 radical (unpaired) electrons. The second kappa shape index (κ2) is 9.85. The SMILES string of the molecule is CCNC(=O)N1CCC[C@H](c2cccc(C(=O)NCc3ccc(C(F)(F)F)cc3)c2)C1. The van der Waals surface area contributed by atoms with Crippen molar-refractivity contribution in [2.45, 2.75) is 38.4 Å². The van der Waals surface area contributed by atoms with E-state index >= 15 is 0 Å². The number of alkyl halides is 3. The van der Waals surface area contributed by atoms with Gasteiger partial charge in [-0.3, -0.25) is 4.79 Å². The van der Waals surface area contributed by atoms with Gasteiger partial charge in [0.1, 0.15) is 0 Å². The van der Waals surface area contributed by atoms with E-state index in [2.05, 4.69) is 10.6 Å². The van der Waals surface area contributed by atoms with Gasteiger partial charge in [0.05, 0.1) is 5.56 Å². The van der Waals surface area contributed by atoms with Crippen molar-refractivity contribution in [2.24, 2.45) is 0 Å². The van der Waals surface area contributed by atoms with Crippen LogP contribution in [-0.2, 0) is 12.7 Å². The molecule has 1 heterocycles. The van der Waals surface area contributed by atoms with Gasteiger partial charge in [-0.2, -0.15) is 13.2 Å². The fourth-order valence-corrected chi connectivity index (χ4v) is 3.73. The molecular weight excluding hydrogens is 407 g/mol. The number of likely N-dealkylation sites (tertiary alicyclic amines) is 1. The monoisotopic (exact) mass is 433 g/mol. The van der Waals surface area contributed by atoms with E-state index in [-0.39, 0.29) is 24.4 Å². The maximum absolute atomic E-state index is 12.7. The summed E-state index contributed by atoms with van der Waals surface area (Å²) in [4.78, 5) is 26.5. The molecule has 2 N–H and O–H groups in total. The van der Waals surface area contributed by atoms with Crippen LogP contribution in [0.2, 0.25) is 0 Å². The van der Waals surface area contributed by atoms with E-state index in [0.29, 0.717) is 24.2 Å². The summed E-state index contributed by atoms with van der Waals surface area (Å²) in [6.45, 7) is 3.91. The second-order valence-electron chi connectivity index (χ2n) is 7.62. The van der Waals surface area contributed by atoms with Crippen LogP contribution in [0.4, 0.5) is 18.0 Å². The van der Waals surface area contributed by atoms with Crippen molar-refractivity contribution in [3.63, 3.8) is 0 Å². The molecule has 0 aliphatic carbocycles. The molecule has 3 rings (SSSR count). The molecule has 3 amide bonds. The summed E-state index contributed by atoms with van der Waals surface area (Å²) in [5.41, 5.74) is 1.35. The molecule has 1 saturated heterocycles. The molecule has 0 spiro atoms. The number of halogens is 3. The van der Waals surface area contributed by atoms with Crippen LogP contribution in [-0.4, -0.2) is 36.5 Å². The van der Waals surface area contributed by atoms with E-state index in [0.717, 1.165) is 37.1 Å². The van der Waals surface area contributed by atoms with Gasteiger partial charge in [0, 0.05) is 37.7 Å². The molecule has 31 heavy (non-hydrogen) atoms. The van der Waals surface area contributed by atoms with E-state index < -0.39 is 11.7 Å². The lowest BCUT2D eigenvalue weighted by molar-refractivity contribution is -0.137. The first-order chi connectivity index (χ1) is 14.8. The molecule has 2 aromatic carbocycles. The third-order valence-electron chi connectivity index (χ3n) is 5.39. The Morgan fingerprint density at radius 1 is 1.10 bits per heavy atom. The van der Waals surface area contributed by atoms with Crippen molar-refractivity contribution in [2.75, 3.05) is 19.6 Å². The summed E-state index contributed by atoms with van der Waals surface area (Å²) < 4.78 is 38.0. The Morgan fingerprint density at radius 3 is 2.52 bits per heavy atom. The zero-order chi connectivity index (χ0) is 22.4. The highest BCUT2D eigenvalue weighted by Crippen LogP contribution is 2.29. The second-order valence-corrected chi connectivity index (χ2v) is 7.62. The maximum atomic E-state index is 12.7. The van der Waals surface area contributed by atoms with Crippen LogP contribution in [0.15, 0.2) is 48.5 Å². The minimum Gasteiger partial charge on any atom is -0.348 e. The molecule has 8 heteroatoms.